The average Bonchev–Trinajstić information content (AvgIpc) is 3.77. The molecule has 13 heteroatoms. The molecule has 2 amide bonds. The lowest BCUT2D eigenvalue weighted by molar-refractivity contribution is -0.137. The second-order valence-electron chi connectivity index (χ2n) is 9.59. The number of nitrogens with zero attached hydrogens (tertiary/aromatic N) is 3. The monoisotopic (exact) mass is 561 g/mol. The van der Waals surface area contributed by atoms with Crippen LogP contribution in [0.15, 0.2) is 36.4 Å². The summed E-state index contributed by atoms with van der Waals surface area (Å²) >= 11 is 0. The third kappa shape index (κ3) is 10.1. The summed E-state index contributed by atoms with van der Waals surface area (Å²) in [5, 5.41) is 13.7. The molecule has 39 heavy (non-hydrogen) atoms. The number of aromatic nitrogens is 2. The molecule has 2 fully saturated rings. The van der Waals surface area contributed by atoms with Crippen molar-refractivity contribution in [1.29, 1.82) is 0 Å². The Labute approximate surface area is 227 Å². The number of hydrogen-bond donors (Lipinski definition) is 5. The van der Waals surface area contributed by atoms with E-state index in [0.717, 1.165) is 36.9 Å². The van der Waals surface area contributed by atoms with Crippen LogP contribution in [0.4, 0.5) is 0 Å². The fourth-order valence-electron chi connectivity index (χ4n) is 3.98. The molecule has 1 unspecified atom stereocenters. The predicted octanol–water partition coefficient (Wildman–Crippen LogP) is 1.99. The van der Waals surface area contributed by atoms with Crippen molar-refractivity contribution in [2.24, 2.45) is 0 Å². The highest BCUT2D eigenvalue weighted by molar-refractivity contribution is 7.51. The van der Waals surface area contributed by atoms with Gasteiger partial charge in [-0.05, 0) is 25.3 Å². The summed E-state index contributed by atoms with van der Waals surface area (Å²) < 4.78 is 11.7. The minimum Gasteiger partial charge on any atom is -0.481 e. The first-order valence-corrected chi connectivity index (χ1v) is 14.9. The van der Waals surface area contributed by atoms with Crippen LogP contribution < -0.4 is 10.6 Å². The number of carboxylic acid groups (broad SMARTS) is 1. The van der Waals surface area contributed by atoms with Gasteiger partial charge in [0.15, 0.2) is 5.82 Å². The number of rotatable bonds is 10. The summed E-state index contributed by atoms with van der Waals surface area (Å²) in [5.74, 6) is -1.20. The van der Waals surface area contributed by atoms with Crippen molar-refractivity contribution in [2.75, 3.05) is 32.3 Å². The number of carboxylic acids is 1. The Balaban J connectivity index is 0.000000532. The van der Waals surface area contributed by atoms with Gasteiger partial charge >= 0.3 is 13.6 Å². The number of carbonyl (C=O) groups is 3. The topological polar surface area (TPSA) is 182 Å². The Morgan fingerprint density at radius 3 is 2.33 bits per heavy atom. The zero-order chi connectivity index (χ0) is 28.4. The molecule has 0 bridgehead atoms. The molecule has 1 atom stereocenters. The number of piperazine rings is 1. The van der Waals surface area contributed by atoms with Gasteiger partial charge < -0.3 is 30.4 Å². The fourth-order valence-corrected chi connectivity index (χ4v) is 4.70. The Kier molecular flexibility index (Phi) is 11.1. The van der Waals surface area contributed by atoms with E-state index in [1.54, 1.807) is 6.07 Å². The smallest absolute Gasteiger partial charge is 0.328 e. The second-order valence-corrected chi connectivity index (χ2v) is 11.3. The zero-order valence-corrected chi connectivity index (χ0v) is 22.8. The lowest BCUT2D eigenvalue weighted by Gasteiger charge is -2.31. The molecule has 12 nitrogen and oxygen atoms in total. The van der Waals surface area contributed by atoms with Crippen LogP contribution in [-0.2, 0) is 14.2 Å². The van der Waals surface area contributed by atoms with Crippen LogP contribution in [0.3, 0.4) is 0 Å². The second kappa shape index (κ2) is 14.3. The van der Waals surface area contributed by atoms with Crippen LogP contribution in [0.25, 0.3) is 11.4 Å². The van der Waals surface area contributed by atoms with Gasteiger partial charge in [0.1, 0.15) is 11.7 Å². The maximum absolute atomic E-state index is 13.1. The van der Waals surface area contributed by atoms with Gasteiger partial charge in [0.2, 0.25) is 5.91 Å². The normalized spacial score (nSPS) is 16.0. The Hall–Kier alpha value is -3.18. The molecule has 1 saturated heterocycles. The minimum atomic E-state index is -4.56. The van der Waals surface area contributed by atoms with Crippen LogP contribution in [0.2, 0.25) is 0 Å². The van der Waals surface area contributed by atoms with Crippen LogP contribution in [0.5, 0.6) is 0 Å². The first kappa shape index (κ1) is 30.4. The fraction of sp³-hybridized carbons (Fsp3) is 0.500. The van der Waals surface area contributed by atoms with Gasteiger partial charge in [-0.25, -0.2) is 9.97 Å². The van der Waals surface area contributed by atoms with Gasteiger partial charge in [-0.3, -0.25) is 18.9 Å². The molecule has 0 spiro atoms. The van der Waals surface area contributed by atoms with E-state index in [0.29, 0.717) is 38.4 Å². The molecule has 1 saturated carbocycles. The summed E-state index contributed by atoms with van der Waals surface area (Å²) in [6.07, 6.45) is 3.27. The number of nitrogens with one attached hydrogen (secondary N) is 2. The number of hydrogen-bond acceptors (Lipinski definition) is 7. The lowest BCUT2D eigenvalue weighted by Crippen LogP contribution is -2.55. The van der Waals surface area contributed by atoms with Crippen molar-refractivity contribution in [3.05, 3.63) is 47.8 Å². The maximum atomic E-state index is 13.1. The molecule has 1 aliphatic carbocycles. The van der Waals surface area contributed by atoms with E-state index in [1.165, 1.54) is 4.90 Å². The van der Waals surface area contributed by atoms with Crippen molar-refractivity contribution in [3.8, 4) is 11.4 Å². The largest absolute Gasteiger partial charge is 0.481 e. The first-order chi connectivity index (χ1) is 18.6. The lowest BCUT2D eigenvalue weighted by atomic mass is 10.1. The van der Waals surface area contributed by atoms with Gasteiger partial charge in [-0.2, -0.15) is 0 Å². The van der Waals surface area contributed by atoms with Crippen molar-refractivity contribution in [2.45, 2.75) is 51.0 Å². The van der Waals surface area contributed by atoms with E-state index >= 15 is 0 Å². The molecule has 0 radical (unpaired) electrons. The van der Waals surface area contributed by atoms with Crippen LogP contribution in [0.1, 0.15) is 61.1 Å². The number of benzene rings is 1. The van der Waals surface area contributed by atoms with Gasteiger partial charge in [0.05, 0.1) is 6.16 Å². The minimum absolute atomic E-state index is 0.0737. The summed E-state index contributed by atoms with van der Waals surface area (Å²) in [6.45, 7) is 3.95. The molecule has 2 heterocycles. The highest BCUT2D eigenvalue weighted by atomic mass is 31.2. The molecule has 2 aliphatic rings. The van der Waals surface area contributed by atoms with Crippen molar-refractivity contribution >= 4 is 25.4 Å². The molecule has 4 rings (SSSR count). The number of carbonyl (C=O) groups excluding carboxylic acids is 2. The van der Waals surface area contributed by atoms with Crippen molar-refractivity contribution < 1.29 is 33.8 Å². The maximum Gasteiger partial charge on any atom is 0.328 e. The molecule has 1 aromatic carbocycles. The van der Waals surface area contributed by atoms with E-state index in [4.69, 9.17) is 5.11 Å². The third-order valence-corrected chi connectivity index (χ3v) is 7.04. The third-order valence-electron chi connectivity index (χ3n) is 6.20. The molecule has 1 aliphatic heterocycles. The van der Waals surface area contributed by atoms with E-state index in [2.05, 4.69) is 20.6 Å². The molecule has 1 aromatic heterocycles. The van der Waals surface area contributed by atoms with Crippen LogP contribution in [-0.4, -0.2) is 85.9 Å². The predicted molar refractivity (Wildman–Crippen MR) is 144 cm³/mol. The van der Waals surface area contributed by atoms with Gasteiger partial charge in [-0.15, -0.1) is 0 Å². The SMILES string of the molecule is CCCCC(=O)O.O=C(NC(CP(=O)(O)O)C(=O)N1CCNCC1)c1cc(C2CC2)nc(-c2ccccc2)n1. The molecule has 2 aromatic rings. The van der Waals surface area contributed by atoms with Gasteiger partial charge in [0.25, 0.3) is 5.91 Å². The van der Waals surface area contributed by atoms with Crippen molar-refractivity contribution in [3.63, 3.8) is 0 Å². The van der Waals surface area contributed by atoms with E-state index in [9.17, 15) is 28.7 Å². The first-order valence-electron chi connectivity index (χ1n) is 13.1. The van der Waals surface area contributed by atoms with Gasteiger partial charge in [0, 0.05) is 49.8 Å². The number of amides is 2. The van der Waals surface area contributed by atoms with E-state index in [-0.39, 0.29) is 11.6 Å². The summed E-state index contributed by atoms with van der Waals surface area (Å²) in [5.41, 5.74) is 1.58. The number of unbranched alkanes of at least 4 members (excludes halogenated alkanes) is 1. The van der Waals surface area contributed by atoms with E-state index < -0.39 is 37.6 Å². The molecule has 5 N–H and O–H groups in total. The number of aliphatic carboxylic acids is 1. The molecular formula is C26H36N5O7P. The molecular weight excluding hydrogens is 525 g/mol. The van der Waals surface area contributed by atoms with Gasteiger partial charge in [-0.1, -0.05) is 43.7 Å². The van der Waals surface area contributed by atoms with Crippen LogP contribution in [0, 0.1) is 0 Å². The standard InChI is InChI=1S/C21H26N5O5P.C5H10O2/c27-20(25-18(13-32(29,30)31)21(28)26-10-8-22-9-11-26)17-12-16(14-6-7-14)23-19(24-17)15-4-2-1-3-5-15;1-2-3-4-5(6)7/h1-5,12,14,18,22H,6-11,13H2,(H,25,27)(H2,29,30,31);2-4H2,1H3,(H,6,7). The highest BCUT2D eigenvalue weighted by Gasteiger charge is 2.34. The Morgan fingerprint density at radius 1 is 1.13 bits per heavy atom. The zero-order valence-electron chi connectivity index (χ0n) is 22.0. The quantitative estimate of drug-likeness (QED) is 0.269. The summed E-state index contributed by atoms with van der Waals surface area (Å²) in [4.78, 5) is 65.2. The average molecular weight is 562 g/mol. The Bertz CT molecular complexity index is 1180. The molecule has 212 valence electrons. The van der Waals surface area contributed by atoms with Crippen LogP contribution >= 0.6 is 7.60 Å². The Morgan fingerprint density at radius 2 is 1.79 bits per heavy atom. The highest BCUT2D eigenvalue weighted by Crippen LogP contribution is 2.40. The summed E-state index contributed by atoms with van der Waals surface area (Å²) in [7, 11) is -4.56. The van der Waals surface area contributed by atoms with Crippen molar-refractivity contribution in [1.82, 2.24) is 25.5 Å². The van der Waals surface area contributed by atoms with E-state index in [1.807, 2.05) is 37.3 Å². The summed E-state index contributed by atoms with van der Waals surface area (Å²) in [6, 6.07) is 9.52.